The van der Waals surface area contributed by atoms with Crippen LogP contribution >= 0.6 is 0 Å². The van der Waals surface area contributed by atoms with Crippen LogP contribution in [0, 0.1) is 0 Å². The van der Waals surface area contributed by atoms with Crippen LogP contribution in [-0.2, 0) is 14.3 Å². The lowest BCUT2D eigenvalue weighted by molar-refractivity contribution is -0.137. The van der Waals surface area contributed by atoms with E-state index in [2.05, 4.69) is 16.0 Å². The molecule has 1 aliphatic heterocycles. The highest BCUT2D eigenvalue weighted by Crippen LogP contribution is 2.11. The highest BCUT2D eigenvalue weighted by molar-refractivity contribution is 5.90. The first-order valence-electron chi connectivity index (χ1n) is 7.86. The Morgan fingerprint density at radius 2 is 2.08 bits per heavy atom. The third-order valence-corrected chi connectivity index (χ3v) is 3.46. The van der Waals surface area contributed by atoms with Gasteiger partial charge in [-0.2, -0.15) is 0 Å². The van der Waals surface area contributed by atoms with Crippen molar-refractivity contribution >= 4 is 29.7 Å². The second-order valence-corrected chi connectivity index (χ2v) is 5.35. The number of ether oxygens (including phenoxy) is 1. The fourth-order valence-corrected chi connectivity index (χ4v) is 2.25. The van der Waals surface area contributed by atoms with Crippen molar-refractivity contribution in [3.8, 4) is 0 Å². The first kappa shape index (κ1) is 17.5. The van der Waals surface area contributed by atoms with E-state index >= 15 is 0 Å². The summed E-state index contributed by atoms with van der Waals surface area (Å²) >= 11 is 0. The van der Waals surface area contributed by atoms with Gasteiger partial charge in [-0.25, -0.2) is 9.59 Å². The quantitative estimate of drug-likeness (QED) is 0.545. The smallest absolute Gasteiger partial charge is 0.330 e. The molecule has 0 aliphatic carbocycles. The van der Waals surface area contributed by atoms with Crippen LogP contribution in [0.25, 0.3) is 6.08 Å². The molecule has 7 nitrogen and oxygen atoms in total. The van der Waals surface area contributed by atoms with E-state index < -0.39 is 5.97 Å². The molecule has 0 spiro atoms. The third kappa shape index (κ3) is 5.75. The Morgan fingerprint density at radius 3 is 2.71 bits per heavy atom. The van der Waals surface area contributed by atoms with Crippen LogP contribution < -0.4 is 16.0 Å². The highest BCUT2D eigenvalue weighted by Gasteiger charge is 2.20. The maximum atomic E-state index is 11.8. The average Bonchev–Trinajstić information content (AvgIpc) is 2.98. The van der Waals surface area contributed by atoms with E-state index in [9.17, 15) is 14.4 Å². The Balaban J connectivity index is 1.77. The third-order valence-electron chi connectivity index (χ3n) is 3.46. The van der Waals surface area contributed by atoms with Crippen molar-refractivity contribution in [2.75, 3.05) is 18.5 Å². The standard InChI is InChI=1S/C17H21N3O4/c1-2-24-16(22)10-5-12-3-6-13(7-4-12)20-17(23)18-11-14-8-9-15(21)19-14/h3-7,10,14H,2,8-9,11H2,1H3,(H,19,21)(H2,18,20,23)/b10-5+/t14-/m0/s1. The second kappa shape index (κ2) is 8.71. The van der Waals surface area contributed by atoms with E-state index in [0.29, 0.717) is 25.3 Å². The van der Waals surface area contributed by atoms with Gasteiger partial charge in [0.2, 0.25) is 5.91 Å². The molecule has 1 aromatic rings. The molecule has 0 aromatic heterocycles. The molecule has 1 heterocycles. The second-order valence-electron chi connectivity index (χ2n) is 5.35. The lowest BCUT2D eigenvalue weighted by Crippen LogP contribution is -2.40. The summed E-state index contributed by atoms with van der Waals surface area (Å²) in [5.74, 6) is -0.369. The summed E-state index contributed by atoms with van der Waals surface area (Å²) < 4.78 is 4.80. The van der Waals surface area contributed by atoms with Crippen molar-refractivity contribution in [3.63, 3.8) is 0 Å². The molecule has 0 unspecified atom stereocenters. The van der Waals surface area contributed by atoms with Gasteiger partial charge in [0.15, 0.2) is 0 Å². The number of hydrogen-bond acceptors (Lipinski definition) is 4. The molecular weight excluding hydrogens is 310 g/mol. The molecular formula is C17H21N3O4. The number of hydrogen-bond donors (Lipinski definition) is 3. The van der Waals surface area contributed by atoms with Gasteiger partial charge in [-0.1, -0.05) is 12.1 Å². The van der Waals surface area contributed by atoms with Crippen molar-refractivity contribution in [2.45, 2.75) is 25.8 Å². The molecule has 3 N–H and O–H groups in total. The van der Waals surface area contributed by atoms with Gasteiger partial charge in [0.05, 0.1) is 6.61 Å². The van der Waals surface area contributed by atoms with E-state index in [0.717, 1.165) is 12.0 Å². The Bertz CT molecular complexity index is 625. The topological polar surface area (TPSA) is 96.5 Å². The molecule has 0 saturated carbocycles. The van der Waals surface area contributed by atoms with E-state index in [1.54, 1.807) is 37.3 Å². The molecule has 128 valence electrons. The Labute approximate surface area is 140 Å². The van der Waals surface area contributed by atoms with Crippen molar-refractivity contribution in [3.05, 3.63) is 35.9 Å². The minimum Gasteiger partial charge on any atom is -0.463 e. The van der Waals surface area contributed by atoms with E-state index in [4.69, 9.17) is 4.74 Å². The summed E-state index contributed by atoms with van der Waals surface area (Å²) in [5.41, 5.74) is 1.46. The zero-order valence-electron chi connectivity index (χ0n) is 13.5. The summed E-state index contributed by atoms with van der Waals surface area (Å²) in [7, 11) is 0. The number of benzene rings is 1. The van der Waals surface area contributed by atoms with Crippen LogP contribution in [0.2, 0.25) is 0 Å². The molecule has 2 rings (SSSR count). The monoisotopic (exact) mass is 331 g/mol. The van der Waals surface area contributed by atoms with Crippen LogP contribution in [0.3, 0.4) is 0 Å². The first-order valence-corrected chi connectivity index (χ1v) is 7.86. The Kier molecular flexibility index (Phi) is 6.36. The normalized spacial score (nSPS) is 16.7. The predicted octanol–water partition coefficient (Wildman–Crippen LogP) is 1.66. The summed E-state index contributed by atoms with van der Waals surface area (Å²) in [6, 6.07) is 6.71. The average molecular weight is 331 g/mol. The number of rotatable bonds is 6. The molecule has 1 aliphatic rings. The highest BCUT2D eigenvalue weighted by atomic mass is 16.5. The van der Waals surface area contributed by atoms with Gasteiger partial charge in [0, 0.05) is 30.8 Å². The van der Waals surface area contributed by atoms with Gasteiger partial charge < -0.3 is 20.7 Å². The summed E-state index contributed by atoms with van der Waals surface area (Å²) in [4.78, 5) is 34.1. The molecule has 24 heavy (non-hydrogen) atoms. The largest absolute Gasteiger partial charge is 0.463 e. The number of anilines is 1. The Morgan fingerprint density at radius 1 is 1.33 bits per heavy atom. The maximum absolute atomic E-state index is 11.8. The van der Waals surface area contributed by atoms with Gasteiger partial charge in [0.25, 0.3) is 0 Å². The number of urea groups is 1. The number of nitrogens with one attached hydrogen (secondary N) is 3. The van der Waals surface area contributed by atoms with Gasteiger partial charge in [-0.3, -0.25) is 4.79 Å². The minimum atomic E-state index is -0.391. The molecule has 1 fully saturated rings. The molecule has 1 atom stereocenters. The van der Waals surface area contributed by atoms with Gasteiger partial charge >= 0.3 is 12.0 Å². The summed E-state index contributed by atoms with van der Waals surface area (Å²) in [5, 5.41) is 8.22. The number of amides is 3. The number of carbonyl (C=O) groups excluding carboxylic acids is 3. The zero-order valence-corrected chi connectivity index (χ0v) is 13.5. The minimum absolute atomic E-state index is 0.00126. The SMILES string of the molecule is CCOC(=O)/C=C/c1ccc(NC(=O)NC[C@@H]2CCC(=O)N2)cc1. The Hall–Kier alpha value is -2.83. The van der Waals surface area contributed by atoms with E-state index in [1.807, 2.05) is 0 Å². The zero-order chi connectivity index (χ0) is 17.4. The number of esters is 1. The van der Waals surface area contributed by atoms with Crippen molar-refractivity contribution in [1.29, 1.82) is 0 Å². The molecule has 0 radical (unpaired) electrons. The van der Waals surface area contributed by atoms with Crippen LogP contribution in [0.5, 0.6) is 0 Å². The molecule has 7 heteroatoms. The van der Waals surface area contributed by atoms with Crippen LogP contribution in [0.1, 0.15) is 25.3 Å². The first-order chi connectivity index (χ1) is 11.6. The van der Waals surface area contributed by atoms with Gasteiger partial charge in [-0.05, 0) is 37.1 Å². The fourth-order valence-electron chi connectivity index (χ4n) is 2.25. The van der Waals surface area contributed by atoms with Crippen molar-refractivity contribution < 1.29 is 19.1 Å². The lowest BCUT2D eigenvalue weighted by Gasteiger charge is -2.12. The lowest BCUT2D eigenvalue weighted by atomic mass is 10.2. The van der Waals surface area contributed by atoms with Gasteiger partial charge in [0.1, 0.15) is 0 Å². The predicted molar refractivity (Wildman–Crippen MR) is 90.3 cm³/mol. The van der Waals surface area contributed by atoms with Gasteiger partial charge in [-0.15, -0.1) is 0 Å². The van der Waals surface area contributed by atoms with E-state index in [1.165, 1.54) is 6.08 Å². The molecule has 1 saturated heterocycles. The van der Waals surface area contributed by atoms with Crippen LogP contribution in [0.4, 0.5) is 10.5 Å². The van der Waals surface area contributed by atoms with Crippen LogP contribution in [-0.4, -0.2) is 37.1 Å². The van der Waals surface area contributed by atoms with Crippen LogP contribution in [0.15, 0.2) is 30.3 Å². The molecule has 0 bridgehead atoms. The summed E-state index contributed by atoms with van der Waals surface area (Å²) in [6.45, 7) is 2.49. The number of carbonyl (C=O) groups is 3. The maximum Gasteiger partial charge on any atom is 0.330 e. The van der Waals surface area contributed by atoms with Crippen molar-refractivity contribution in [2.24, 2.45) is 0 Å². The van der Waals surface area contributed by atoms with E-state index in [-0.39, 0.29) is 18.0 Å². The summed E-state index contributed by atoms with van der Waals surface area (Å²) in [6.07, 6.45) is 4.24. The molecule has 3 amide bonds. The fraction of sp³-hybridized carbons (Fsp3) is 0.353. The van der Waals surface area contributed by atoms with Crippen molar-refractivity contribution in [1.82, 2.24) is 10.6 Å². The molecule has 1 aromatic carbocycles.